The number of hydrogen-bond acceptors (Lipinski definition) is 6. The molecule has 1 aliphatic carbocycles. The first-order chi connectivity index (χ1) is 14.1. The van der Waals surface area contributed by atoms with Crippen molar-refractivity contribution >= 4 is 27.9 Å². The molecule has 3 amide bonds. The van der Waals surface area contributed by atoms with Crippen molar-refractivity contribution < 1.29 is 27.5 Å². The number of ether oxygens (including phenoxy) is 1. The fourth-order valence-electron chi connectivity index (χ4n) is 3.25. The van der Waals surface area contributed by atoms with Gasteiger partial charge in [0.1, 0.15) is 0 Å². The van der Waals surface area contributed by atoms with Crippen molar-refractivity contribution in [2.24, 2.45) is 0 Å². The van der Waals surface area contributed by atoms with Gasteiger partial charge < -0.3 is 10.1 Å². The highest BCUT2D eigenvalue weighted by molar-refractivity contribution is 7.89. The Kier molecular flexibility index (Phi) is 8.36. The van der Waals surface area contributed by atoms with Gasteiger partial charge in [-0.25, -0.2) is 18.0 Å². The smallest absolute Gasteiger partial charge is 0.338 e. The van der Waals surface area contributed by atoms with Crippen molar-refractivity contribution in [1.29, 1.82) is 0 Å². The van der Waals surface area contributed by atoms with Crippen LogP contribution in [0.4, 0.5) is 4.79 Å². The van der Waals surface area contributed by atoms with Crippen molar-refractivity contribution in [2.45, 2.75) is 62.9 Å². The molecule has 0 saturated heterocycles. The van der Waals surface area contributed by atoms with Gasteiger partial charge >= 0.3 is 12.0 Å². The van der Waals surface area contributed by atoms with Crippen molar-refractivity contribution in [2.75, 3.05) is 13.7 Å². The van der Waals surface area contributed by atoms with Crippen molar-refractivity contribution in [3.05, 3.63) is 29.8 Å². The van der Waals surface area contributed by atoms with Crippen molar-refractivity contribution in [3.63, 3.8) is 0 Å². The highest BCUT2D eigenvalue weighted by Crippen LogP contribution is 2.26. The maximum absolute atomic E-state index is 12.8. The number of benzene rings is 1. The second kappa shape index (κ2) is 10.5. The van der Waals surface area contributed by atoms with Crippen LogP contribution in [0, 0.1) is 0 Å². The molecule has 1 aromatic carbocycles. The minimum Gasteiger partial charge on any atom is -0.452 e. The number of carbonyl (C=O) groups is 3. The van der Waals surface area contributed by atoms with Crippen LogP contribution < -0.4 is 10.6 Å². The average molecular weight is 440 g/mol. The Labute approximate surface area is 177 Å². The van der Waals surface area contributed by atoms with Gasteiger partial charge in [0.2, 0.25) is 10.0 Å². The number of urea groups is 1. The van der Waals surface area contributed by atoms with E-state index in [9.17, 15) is 22.8 Å². The zero-order chi connectivity index (χ0) is 22.3. The summed E-state index contributed by atoms with van der Waals surface area (Å²) in [5, 5.41) is 4.51. The molecule has 10 heteroatoms. The van der Waals surface area contributed by atoms with E-state index >= 15 is 0 Å². The summed E-state index contributed by atoms with van der Waals surface area (Å²) in [6, 6.07) is 4.54. The van der Waals surface area contributed by atoms with Gasteiger partial charge in [-0.3, -0.25) is 10.1 Å². The molecule has 0 radical (unpaired) electrons. The molecular weight excluding hydrogens is 410 g/mol. The molecule has 166 valence electrons. The summed E-state index contributed by atoms with van der Waals surface area (Å²) in [6.07, 6.45) is 4.85. The SMILES string of the molecule is CC(C)NC(=O)NC(=O)COC(=O)c1ccc(S(=O)(=O)N(C)C2CCCCC2)cc1. The maximum Gasteiger partial charge on any atom is 0.338 e. The summed E-state index contributed by atoms with van der Waals surface area (Å²) >= 11 is 0. The van der Waals surface area contributed by atoms with E-state index in [0.717, 1.165) is 32.1 Å². The molecule has 2 N–H and O–H groups in total. The molecule has 1 aliphatic rings. The predicted octanol–water partition coefficient (Wildman–Crippen LogP) is 2.03. The minimum atomic E-state index is -3.66. The molecule has 0 aromatic heterocycles. The highest BCUT2D eigenvalue weighted by Gasteiger charge is 2.29. The van der Waals surface area contributed by atoms with Crippen molar-refractivity contribution in [1.82, 2.24) is 14.9 Å². The van der Waals surface area contributed by atoms with E-state index in [4.69, 9.17) is 4.74 Å². The van der Waals surface area contributed by atoms with Gasteiger partial charge in [-0.1, -0.05) is 19.3 Å². The zero-order valence-electron chi connectivity index (χ0n) is 17.5. The molecule has 0 heterocycles. The number of nitrogens with zero attached hydrogens (tertiary/aromatic N) is 1. The molecule has 0 bridgehead atoms. The average Bonchev–Trinajstić information content (AvgIpc) is 2.71. The fourth-order valence-corrected chi connectivity index (χ4v) is 4.66. The summed E-state index contributed by atoms with van der Waals surface area (Å²) in [5.74, 6) is -1.56. The Morgan fingerprint density at radius 3 is 2.27 bits per heavy atom. The number of hydrogen-bond donors (Lipinski definition) is 2. The molecule has 9 nitrogen and oxygen atoms in total. The number of amides is 3. The first kappa shape index (κ1) is 23.8. The maximum atomic E-state index is 12.8. The van der Waals surface area contributed by atoms with E-state index in [1.807, 2.05) is 5.32 Å². The molecule has 2 rings (SSSR count). The van der Waals surface area contributed by atoms with Gasteiger partial charge in [-0.2, -0.15) is 4.31 Å². The van der Waals surface area contributed by atoms with Crippen LogP contribution in [-0.2, 0) is 19.6 Å². The van der Waals surface area contributed by atoms with Crippen LogP contribution in [0.3, 0.4) is 0 Å². The van der Waals surface area contributed by atoms with E-state index in [0.29, 0.717) is 0 Å². The van der Waals surface area contributed by atoms with Crippen LogP contribution in [-0.4, -0.2) is 56.4 Å². The normalized spacial score (nSPS) is 15.1. The molecule has 0 atom stereocenters. The van der Waals surface area contributed by atoms with Crippen LogP contribution in [0.5, 0.6) is 0 Å². The van der Waals surface area contributed by atoms with Crippen LogP contribution in [0.1, 0.15) is 56.3 Å². The van der Waals surface area contributed by atoms with Crippen LogP contribution in [0.15, 0.2) is 29.2 Å². The summed E-state index contributed by atoms with van der Waals surface area (Å²) in [6.45, 7) is 2.84. The van der Waals surface area contributed by atoms with E-state index < -0.39 is 34.5 Å². The van der Waals surface area contributed by atoms with Gasteiger partial charge in [0.05, 0.1) is 10.5 Å². The van der Waals surface area contributed by atoms with Gasteiger partial charge in [0.25, 0.3) is 5.91 Å². The lowest BCUT2D eigenvalue weighted by molar-refractivity contribution is -0.123. The Morgan fingerprint density at radius 2 is 1.70 bits per heavy atom. The van der Waals surface area contributed by atoms with Crippen LogP contribution >= 0.6 is 0 Å². The molecule has 0 unspecified atom stereocenters. The largest absolute Gasteiger partial charge is 0.452 e. The van der Waals surface area contributed by atoms with Gasteiger partial charge in [-0.05, 0) is 51.0 Å². The number of nitrogens with one attached hydrogen (secondary N) is 2. The predicted molar refractivity (Wildman–Crippen MR) is 110 cm³/mol. The van der Waals surface area contributed by atoms with Gasteiger partial charge in [0.15, 0.2) is 6.61 Å². The lowest BCUT2D eigenvalue weighted by atomic mass is 9.96. The summed E-state index contributed by atoms with van der Waals surface area (Å²) in [4.78, 5) is 35.3. The van der Waals surface area contributed by atoms with E-state index in [2.05, 4.69) is 5.32 Å². The van der Waals surface area contributed by atoms with Crippen molar-refractivity contribution in [3.8, 4) is 0 Å². The molecule has 30 heavy (non-hydrogen) atoms. The Balaban J connectivity index is 1.93. The summed E-state index contributed by atoms with van der Waals surface area (Å²) < 4.78 is 31.9. The van der Waals surface area contributed by atoms with Gasteiger partial charge in [0, 0.05) is 19.1 Å². The topological polar surface area (TPSA) is 122 Å². The number of sulfonamides is 1. The first-order valence-electron chi connectivity index (χ1n) is 9.97. The molecule has 1 aromatic rings. The quantitative estimate of drug-likeness (QED) is 0.627. The summed E-state index contributed by atoms with van der Waals surface area (Å²) in [7, 11) is -2.07. The lowest BCUT2D eigenvalue weighted by Gasteiger charge is -2.30. The number of rotatable bonds is 7. The van der Waals surface area contributed by atoms with Gasteiger partial charge in [-0.15, -0.1) is 0 Å². The number of imide groups is 1. The zero-order valence-corrected chi connectivity index (χ0v) is 18.3. The molecular formula is C20H29N3O6S. The fraction of sp³-hybridized carbons (Fsp3) is 0.550. The van der Waals surface area contributed by atoms with E-state index in [1.165, 1.54) is 28.6 Å². The number of esters is 1. The second-order valence-corrected chi connectivity index (χ2v) is 9.59. The monoisotopic (exact) mass is 439 g/mol. The minimum absolute atomic E-state index is 0.0141. The molecule has 1 fully saturated rings. The highest BCUT2D eigenvalue weighted by atomic mass is 32.2. The third-order valence-electron chi connectivity index (χ3n) is 4.86. The second-order valence-electron chi connectivity index (χ2n) is 7.59. The Hall–Kier alpha value is -2.46. The Morgan fingerprint density at radius 1 is 1.10 bits per heavy atom. The third-order valence-corrected chi connectivity index (χ3v) is 6.79. The molecule has 1 saturated carbocycles. The standard InChI is InChI=1S/C20H29N3O6S/c1-14(2)21-20(26)22-18(24)13-29-19(25)15-9-11-17(12-10-15)30(27,28)23(3)16-7-5-4-6-8-16/h9-12,14,16H,4-8,13H2,1-3H3,(H2,21,22,24,26). The molecule has 0 aliphatic heterocycles. The first-order valence-corrected chi connectivity index (χ1v) is 11.4. The lowest BCUT2D eigenvalue weighted by Crippen LogP contribution is -2.44. The van der Waals surface area contributed by atoms with E-state index in [1.54, 1.807) is 20.9 Å². The van der Waals surface area contributed by atoms with E-state index in [-0.39, 0.29) is 22.5 Å². The Bertz CT molecular complexity index is 861. The third kappa shape index (κ3) is 6.53. The number of carbonyl (C=O) groups excluding carboxylic acids is 3. The molecule has 0 spiro atoms. The summed E-state index contributed by atoms with van der Waals surface area (Å²) in [5.41, 5.74) is 0.105. The van der Waals surface area contributed by atoms with Crippen LogP contribution in [0.2, 0.25) is 0 Å². The van der Waals surface area contributed by atoms with Crippen LogP contribution in [0.25, 0.3) is 0 Å².